The molecule has 0 saturated heterocycles. The fourth-order valence-electron chi connectivity index (χ4n) is 3.28. The van der Waals surface area contributed by atoms with E-state index in [0.29, 0.717) is 0 Å². The minimum Gasteiger partial charge on any atom is -0.295 e. The van der Waals surface area contributed by atoms with Crippen molar-refractivity contribution < 1.29 is 4.79 Å². The van der Waals surface area contributed by atoms with Crippen LogP contribution >= 0.6 is 0 Å². The number of ketones is 1. The number of carbonyl (C=O) groups excluding carboxylic acids is 1. The van der Waals surface area contributed by atoms with Gasteiger partial charge in [-0.1, -0.05) is 84.9 Å². The van der Waals surface area contributed by atoms with Crippen LogP contribution in [-0.2, 0) is 6.42 Å². The van der Waals surface area contributed by atoms with Crippen LogP contribution in [0.4, 0.5) is 0 Å². The highest BCUT2D eigenvalue weighted by atomic mass is 16.1. The van der Waals surface area contributed by atoms with E-state index in [0.717, 1.165) is 45.6 Å². The summed E-state index contributed by atoms with van der Waals surface area (Å²) in [6.45, 7) is 1.59. The molecule has 0 spiro atoms. The number of Topliss-reactive ketones (excluding diaryl/α,β-unsaturated/α-hetero) is 1. The molecule has 0 aliphatic rings. The van der Waals surface area contributed by atoms with Crippen molar-refractivity contribution in [1.82, 2.24) is 10.2 Å². The largest absolute Gasteiger partial charge is 0.295 e. The summed E-state index contributed by atoms with van der Waals surface area (Å²) in [7, 11) is 0. The molecule has 0 saturated carbocycles. The molecule has 4 aromatic rings. The Kier molecular flexibility index (Phi) is 4.67. The van der Waals surface area contributed by atoms with Crippen LogP contribution in [0.5, 0.6) is 0 Å². The maximum Gasteiger partial charge on any atom is 0.159 e. The second kappa shape index (κ2) is 7.42. The molecular weight excluding hydrogens is 332 g/mol. The molecule has 0 aliphatic carbocycles. The van der Waals surface area contributed by atoms with Crippen LogP contribution < -0.4 is 0 Å². The molecule has 1 heterocycles. The first kappa shape index (κ1) is 17.0. The summed E-state index contributed by atoms with van der Waals surface area (Å²) in [4.78, 5) is 11.5. The molecule has 0 fully saturated rings. The van der Waals surface area contributed by atoms with Gasteiger partial charge >= 0.3 is 0 Å². The van der Waals surface area contributed by atoms with Gasteiger partial charge in [0.1, 0.15) is 0 Å². The van der Waals surface area contributed by atoms with Crippen molar-refractivity contribution in [3.63, 3.8) is 0 Å². The summed E-state index contributed by atoms with van der Waals surface area (Å²) in [6, 6.07) is 28.3. The molecule has 3 nitrogen and oxygen atoms in total. The maximum atomic E-state index is 11.5. The first-order valence-corrected chi connectivity index (χ1v) is 9.00. The van der Waals surface area contributed by atoms with E-state index in [-0.39, 0.29) is 5.78 Å². The molecule has 0 bridgehead atoms. The van der Waals surface area contributed by atoms with Gasteiger partial charge in [0.15, 0.2) is 5.78 Å². The summed E-state index contributed by atoms with van der Waals surface area (Å²) in [5.74, 6) is 0.0832. The number of nitrogens with zero attached hydrogens (tertiary/aromatic N) is 1. The number of hydrogen-bond donors (Lipinski definition) is 1. The van der Waals surface area contributed by atoms with Crippen LogP contribution in [0.2, 0.25) is 0 Å². The van der Waals surface area contributed by atoms with Gasteiger partial charge in [-0.25, -0.2) is 0 Å². The van der Waals surface area contributed by atoms with Gasteiger partial charge in [-0.3, -0.25) is 9.89 Å². The first-order valence-electron chi connectivity index (χ1n) is 9.00. The normalized spacial score (nSPS) is 10.7. The number of aromatic nitrogens is 2. The van der Waals surface area contributed by atoms with Crippen molar-refractivity contribution in [3.05, 3.63) is 102 Å². The predicted octanol–water partition coefficient (Wildman–Crippen LogP) is 5.54. The molecule has 0 atom stereocenters. The molecule has 0 unspecified atom stereocenters. The van der Waals surface area contributed by atoms with Gasteiger partial charge in [-0.05, 0) is 18.1 Å². The van der Waals surface area contributed by atoms with Crippen molar-refractivity contribution in [2.45, 2.75) is 13.3 Å². The Morgan fingerprint density at radius 1 is 0.815 bits per heavy atom. The van der Waals surface area contributed by atoms with Gasteiger partial charge < -0.3 is 0 Å². The molecule has 4 rings (SSSR count). The van der Waals surface area contributed by atoms with E-state index in [1.807, 2.05) is 60.7 Å². The Hall–Kier alpha value is -3.46. The van der Waals surface area contributed by atoms with E-state index in [9.17, 15) is 4.79 Å². The third-order valence-corrected chi connectivity index (χ3v) is 4.72. The number of benzene rings is 3. The van der Waals surface area contributed by atoms with E-state index < -0.39 is 0 Å². The summed E-state index contributed by atoms with van der Waals surface area (Å²) in [6.07, 6.45) is 0.739. The van der Waals surface area contributed by atoms with Crippen LogP contribution in [0.1, 0.15) is 28.4 Å². The van der Waals surface area contributed by atoms with Gasteiger partial charge in [-0.2, -0.15) is 5.10 Å². The average molecular weight is 352 g/mol. The Bertz CT molecular complexity index is 992. The minimum atomic E-state index is 0.0832. The number of carbonyl (C=O) groups is 1. The number of hydrogen-bond acceptors (Lipinski definition) is 2. The molecule has 1 aromatic heterocycles. The first-order chi connectivity index (χ1) is 13.2. The number of aromatic amines is 1. The Balaban J connectivity index is 1.79. The monoisotopic (exact) mass is 352 g/mol. The molecular formula is C24H20N2O. The molecule has 0 radical (unpaired) electrons. The van der Waals surface area contributed by atoms with Crippen LogP contribution in [0.25, 0.3) is 22.5 Å². The maximum absolute atomic E-state index is 11.5. The van der Waals surface area contributed by atoms with Gasteiger partial charge in [0, 0.05) is 23.1 Å². The lowest BCUT2D eigenvalue weighted by molar-refractivity contribution is 0.101. The number of nitrogens with one attached hydrogen (secondary N) is 1. The fraction of sp³-hybridized carbons (Fsp3) is 0.0833. The summed E-state index contributed by atoms with van der Waals surface area (Å²) in [5.41, 5.74) is 7.24. The Labute approximate surface area is 158 Å². The summed E-state index contributed by atoms with van der Waals surface area (Å²) < 4.78 is 0. The van der Waals surface area contributed by atoms with E-state index in [4.69, 9.17) is 0 Å². The van der Waals surface area contributed by atoms with E-state index in [1.54, 1.807) is 6.92 Å². The zero-order valence-corrected chi connectivity index (χ0v) is 15.1. The van der Waals surface area contributed by atoms with Crippen molar-refractivity contribution in [2.24, 2.45) is 0 Å². The Morgan fingerprint density at radius 2 is 1.41 bits per heavy atom. The standard InChI is InChI=1S/C24H20N2O/c1-17(27)19-14-12-18(13-15-19)16-22-23(20-8-4-2-5-9-20)25-26-24(22)21-10-6-3-7-11-21/h2-15H,16H2,1H3,(H,25,26). The van der Waals surface area contributed by atoms with Gasteiger partial charge in [-0.15, -0.1) is 0 Å². The summed E-state index contributed by atoms with van der Waals surface area (Å²) in [5, 5.41) is 7.86. The molecule has 0 aliphatic heterocycles. The van der Waals surface area contributed by atoms with Crippen LogP contribution in [-0.4, -0.2) is 16.0 Å². The second-order valence-corrected chi connectivity index (χ2v) is 6.59. The lowest BCUT2D eigenvalue weighted by Crippen LogP contribution is -1.95. The smallest absolute Gasteiger partial charge is 0.159 e. The SMILES string of the molecule is CC(=O)c1ccc(Cc2c(-c3ccccc3)n[nH]c2-c2ccccc2)cc1. The van der Waals surface area contributed by atoms with Gasteiger partial charge in [0.25, 0.3) is 0 Å². The third-order valence-electron chi connectivity index (χ3n) is 4.72. The van der Waals surface area contributed by atoms with Crippen LogP contribution in [0.15, 0.2) is 84.9 Å². The Morgan fingerprint density at radius 3 is 2.00 bits per heavy atom. The van der Waals surface area contributed by atoms with Gasteiger partial charge in [0.2, 0.25) is 0 Å². The zero-order valence-electron chi connectivity index (χ0n) is 15.1. The second-order valence-electron chi connectivity index (χ2n) is 6.59. The van der Waals surface area contributed by atoms with E-state index in [1.165, 1.54) is 0 Å². The highest BCUT2D eigenvalue weighted by Crippen LogP contribution is 2.32. The number of rotatable bonds is 5. The molecule has 27 heavy (non-hydrogen) atoms. The topological polar surface area (TPSA) is 45.8 Å². The predicted molar refractivity (Wildman–Crippen MR) is 109 cm³/mol. The highest BCUT2D eigenvalue weighted by molar-refractivity contribution is 5.94. The molecule has 132 valence electrons. The van der Waals surface area contributed by atoms with Gasteiger partial charge in [0.05, 0.1) is 11.4 Å². The lowest BCUT2D eigenvalue weighted by atomic mass is 9.95. The van der Waals surface area contributed by atoms with Crippen molar-refractivity contribution in [2.75, 3.05) is 0 Å². The lowest BCUT2D eigenvalue weighted by Gasteiger charge is -2.08. The van der Waals surface area contributed by atoms with Crippen LogP contribution in [0, 0.1) is 0 Å². The van der Waals surface area contributed by atoms with Crippen molar-refractivity contribution in [1.29, 1.82) is 0 Å². The highest BCUT2D eigenvalue weighted by Gasteiger charge is 2.16. The minimum absolute atomic E-state index is 0.0832. The van der Waals surface area contributed by atoms with Crippen molar-refractivity contribution >= 4 is 5.78 Å². The molecule has 3 heteroatoms. The molecule has 3 aromatic carbocycles. The quantitative estimate of drug-likeness (QED) is 0.480. The zero-order chi connectivity index (χ0) is 18.6. The van der Waals surface area contributed by atoms with Crippen molar-refractivity contribution in [3.8, 4) is 22.5 Å². The molecule has 0 amide bonds. The molecule has 1 N–H and O–H groups in total. The van der Waals surface area contributed by atoms with E-state index in [2.05, 4.69) is 34.5 Å². The third kappa shape index (κ3) is 3.58. The summed E-state index contributed by atoms with van der Waals surface area (Å²) >= 11 is 0. The number of H-pyrrole nitrogens is 1. The average Bonchev–Trinajstić information content (AvgIpc) is 3.13. The van der Waals surface area contributed by atoms with Crippen LogP contribution in [0.3, 0.4) is 0 Å². The fourth-order valence-corrected chi connectivity index (χ4v) is 3.28. The van der Waals surface area contributed by atoms with E-state index >= 15 is 0 Å².